The van der Waals surface area contributed by atoms with E-state index in [0.717, 1.165) is 0 Å². The Morgan fingerprint density at radius 2 is 1.73 bits per heavy atom. The predicted octanol–water partition coefficient (Wildman–Crippen LogP) is 1.47. The molecule has 0 aromatic carbocycles. The number of nitrogens with zero attached hydrogens (tertiary/aromatic N) is 1. The normalized spacial score (nSPS) is 45.2. The summed E-state index contributed by atoms with van der Waals surface area (Å²) in [5.41, 5.74) is -2.10. The first-order valence-electron chi connectivity index (χ1n) is 14.7. The van der Waals surface area contributed by atoms with E-state index in [0.29, 0.717) is 19.4 Å². The summed E-state index contributed by atoms with van der Waals surface area (Å²) in [6, 6.07) is -0.883. The van der Waals surface area contributed by atoms with Crippen LogP contribution in [0.4, 0.5) is 4.79 Å². The Balaban J connectivity index is 1.97. The lowest BCUT2D eigenvalue weighted by Gasteiger charge is -2.46. The summed E-state index contributed by atoms with van der Waals surface area (Å²) in [5.74, 6) is -2.99. The lowest BCUT2D eigenvalue weighted by atomic mass is 9.78. The molecule has 12 nitrogen and oxygen atoms in total. The number of alkyl carbamates (subject to hydrolysis) is 1. The molecular weight excluding hydrogens is 534 g/mol. The Bertz CT molecular complexity index is 950. The highest BCUT2D eigenvalue weighted by Crippen LogP contribution is 2.36. The second-order valence-electron chi connectivity index (χ2n) is 13.0. The van der Waals surface area contributed by atoms with E-state index < -0.39 is 59.6 Å². The molecule has 0 radical (unpaired) electrons. The average molecular weight is 586 g/mol. The van der Waals surface area contributed by atoms with Gasteiger partial charge in [0.1, 0.15) is 18.6 Å². The molecule has 12 heteroatoms. The van der Waals surface area contributed by atoms with Gasteiger partial charge in [0.2, 0.25) is 0 Å². The second-order valence-corrected chi connectivity index (χ2v) is 13.0. The van der Waals surface area contributed by atoms with Crippen molar-refractivity contribution in [3.8, 4) is 0 Å². The van der Waals surface area contributed by atoms with Gasteiger partial charge in [-0.3, -0.25) is 9.59 Å². The number of amides is 1. The molecule has 0 aromatic rings. The fourth-order valence-electron chi connectivity index (χ4n) is 6.53. The molecule has 0 aromatic heterocycles. The standard InChI is InChI=1S/C29H51N3O9/c1-15-12-28(6,37-10)24(40-26-22(34)20(32(8)9)11-16(2)39-26)17(3)21(33)18(4)25(35)38-14-29(7)23(19(5)30-13-15)31-27(36)41-29/h15-20,22-24,26,30,34H,11-14H2,1-10H3,(H,31,36)/t15-,16?,17+,18?,19-,20?,22?,23-,24-,26?,28-,29-/m1/s1. The molecule has 1 amide bonds. The topological polar surface area (TPSA) is 145 Å². The summed E-state index contributed by atoms with van der Waals surface area (Å²) in [7, 11) is 5.36. The first-order chi connectivity index (χ1) is 19.0. The van der Waals surface area contributed by atoms with Crippen LogP contribution >= 0.6 is 0 Å². The van der Waals surface area contributed by atoms with Crippen LogP contribution in [0.25, 0.3) is 0 Å². The van der Waals surface area contributed by atoms with Crippen LogP contribution in [0.2, 0.25) is 0 Å². The summed E-state index contributed by atoms with van der Waals surface area (Å²) in [4.78, 5) is 41.0. The number of likely N-dealkylation sites (N-methyl/N-ethyl adjacent to an activating group) is 1. The highest BCUT2D eigenvalue weighted by molar-refractivity contribution is 6.00. The molecule has 3 N–H and O–H groups in total. The number of cyclic esters (lactones) is 1. The van der Waals surface area contributed by atoms with Gasteiger partial charge in [0, 0.05) is 25.1 Å². The molecule has 41 heavy (non-hydrogen) atoms. The molecule has 0 aliphatic carbocycles. The molecule has 0 bridgehead atoms. The number of carbonyl (C=O) groups is 3. The van der Waals surface area contributed by atoms with Crippen molar-refractivity contribution in [2.45, 2.75) is 115 Å². The number of rotatable bonds is 4. The van der Waals surface area contributed by atoms with Crippen LogP contribution in [-0.4, -0.2) is 116 Å². The van der Waals surface area contributed by atoms with Crippen LogP contribution in [0.15, 0.2) is 0 Å². The van der Waals surface area contributed by atoms with Crippen molar-refractivity contribution < 1.29 is 43.2 Å². The van der Waals surface area contributed by atoms with Crippen molar-refractivity contribution in [1.29, 1.82) is 0 Å². The Morgan fingerprint density at radius 3 is 2.34 bits per heavy atom. The number of ether oxygens (including phenoxy) is 5. The van der Waals surface area contributed by atoms with Crippen LogP contribution in [0.5, 0.6) is 0 Å². The molecule has 236 valence electrons. The summed E-state index contributed by atoms with van der Waals surface area (Å²) in [6.45, 7) is 13.1. The van der Waals surface area contributed by atoms with E-state index in [1.165, 1.54) is 6.92 Å². The molecular formula is C29H51N3O9. The Hall–Kier alpha value is -1.83. The Kier molecular flexibility index (Phi) is 10.9. The fourth-order valence-corrected chi connectivity index (χ4v) is 6.53. The third-order valence-corrected chi connectivity index (χ3v) is 9.11. The number of fused-ring (bicyclic) bond motifs is 1. The van der Waals surface area contributed by atoms with Gasteiger partial charge >= 0.3 is 12.1 Å². The van der Waals surface area contributed by atoms with Crippen molar-refractivity contribution in [2.75, 3.05) is 34.4 Å². The maximum atomic E-state index is 13.8. The smallest absolute Gasteiger partial charge is 0.408 e. The number of esters is 1. The van der Waals surface area contributed by atoms with Crippen molar-refractivity contribution in [3.63, 3.8) is 0 Å². The van der Waals surface area contributed by atoms with Gasteiger partial charge in [-0.1, -0.05) is 13.8 Å². The van der Waals surface area contributed by atoms with Gasteiger partial charge < -0.3 is 44.3 Å². The van der Waals surface area contributed by atoms with E-state index in [1.807, 2.05) is 39.8 Å². The summed E-state index contributed by atoms with van der Waals surface area (Å²) >= 11 is 0. The van der Waals surface area contributed by atoms with Crippen LogP contribution in [0.3, 0.4) is 0 Å². The molecule has 3 aliphatic heterocycles. The number of hydrogen-bond donors (Lipinski definition) is 3. The molecule has 3 fully saturated rings. The van der Waals surface area contributed by atoms with Crippen molar-refractivity contribution in [1.82, 2.24) is 15.5 Å². The third kappa shape index (κ3) is 7.40. The molecule has 0 saturated carbocycles. The van der Waals surface area contributed by atoms with Gasteiger partial charge in [-0.05, 0) is 74.0 Å². The van der Waals surface area contributed by atoms with E-state index in [9.17, 15) is 19.5 Å². The van der Waals surface area contributed by atoms with Crippen molar-refractivity contribution in [2.24, 2.45) is 17.8 Å². The van der Waals surface area contributed by atoms with E-state index in [-0.39, 0.29) is 36.5 Å². The van der Waals surface area contributed by atoms with Crippen LogP contribution in [-0.2, 0) is 33.3 Å². The van der Waals surface area contributed by atoms with Crippen LogP contribution < -0.4 is 10.6 Å². The summed E-state index contributed by atoms with van der Waals surface area (Å²) in [6.07, 6.45) is -2.46. The number of carbonyl (C=O) groups excluding carboxylic acids is 3. The van der Waals surface area contributed by atoms with Crippen LogP contribution in [0, 0.1) is 17.8 Å². The van der Waals surface area contributed by atoms with Crippen LogP contribution in [0.1, 0.15) is 61.3 Å². The maximum Gasteiger partial charge on any atom is 0.408 e. The molecule has 3 saturated heterocycles. The predicted molar refractivity (Wildman–Crippen MR) is 150 cm³/mol. The van der Waals surface area contributed by atoms with Gasteiger partial charge in [0.25, 0.3) is 0 Å². The van der Waals surface area contributed by atoms with Gasteiger partial charge in [-0.25, -0.2) is 4.79 Å². The van der Waals surface area contributed by atoms with E-state index >= 15 is 0 Å². The van der Waals surface area contributed by atoms with E-state index in [4.69, 9.17) is 23.7 Å². The van der Waals surface area contributed by atoms with Gasteiger partial charge in [0.15, 0.2) is 17.7 Å². The monoisotopic (exact) mass is 585 g/mol. The fraction of sp³-hybridized carbons (Fsp3) is 0.897. The quantitative estimate of drug-likeness (QED) is 0.326. The number of methoxy groups -OCH3 is 1. The zero-order chi connectivity index (χ0) is 30.9. The van der Waals surface area contributed by atoms with Crippen molar-refractivity contribution >= 4 is 17.8 Å². The zero-order valence-electron chi connectivity index (χ0n) is 26.3. The molecule has 5 unspecified atom stereocenters. The number of hydrogen-bond acceptors (Lipinski definition) is 11. The Labute approximate surface area is 244 Å². The Morgan fingerprint density at radius 1 is 1.07 bits per heavy atom. The highest BCUT2D eigenvalue weighted by atomic mass is 16.7. The summed E-state index contributed by atoms with van der Waals surface area (Å²) in [5, 5.41) is 17.5. The lowest BCUT2D eigenvalue weighted by molar-refractivity contribution is -0.295. The average Bonchev–Trinajstić information content (AvgIpc) is 3.22. The molecule has 3 rings (SSSR count). The first kappa shape index (κ1) is 33.7. The number of nitrogens with one attached hydrogen (secondary N) is 2. The molecule has 3 aliphatic rings. The first-order valence-corrected chi connectivity index (χ1v) is 14.7. The SMILES string of the molecule is CO[C@]1(C)C[C@@H](C)CN[C@H](C)[C@H]2NC(=O)O[C@]2(C)COC(=O)C(C)C(=O)[C@H](C)[C@H]1OC1OC(C)CC(N(C)C)C1O. The maximum absolute atomic E-state index is 13.8. The van der Waals surface area contributed by atoms with Gasteiger partial charge in [0.05, 0.1) is 23.9 Å². The number of aliphatic hydroxyl groups is 1. The number of ketones is 1. The second kappa shape index (κ2) is 13.2. The zero-order valence-corrected chi connectivity index (χ0v) is 26.3. The highest BCUT2D eigenvalue weighted by Gasteiger charge is 2.51. The largest absolute Gasteiger partial charge is 0.461 e. The van der Waals surface area contributed by atoms with E-state index in [1.54, 1.807) is 21.0 Å². The minimum atomic E-state index is -1.12. The van der Waals surface area contributed by atoms with E-state index in [2.05, 4.69) is 17.6 Å². The van der Waals surface area contributed by atoms with Gasteiger partial charge in [-0.2, -0.15) is 0 Å². The lowest BCUT2D eigenvalue weighted by Crippen LogP contribution is -2.59. The number of aliphatic hydroxyl groups excluding tert-OH is 1. The van der Waals surface area contributed by atoms with Crippen molar-refractivity contribution in [3.05, 3.63) is 0 Å². The molecule has 12 atom stereocenters. The molecule has 3 heterocycles. The molecule has 0 spiro atoms. The minimum absolute atomic E-state index is 0.0474. The number of Topliss-reactive ketones (excluding diaryl/α,β-unsaturated/α-hetero) is 1. The minimum Gasteiger partial charge on any atom is -0.461 e. The summed E-state index contributed by atoms with van der Waals surface area (Å²) < 4.78 is 29.8. The van der Waals surface area contributed by atoms with Gasteiger partial charge in [-0.15, -0.1) is 0 Å². The third-order valence-electron chi connectivity index (χ3n) is 9.11.